The molecule has 0 aliphatic rings. The summed E-state index contributed by atoms with van der Waals surface area (Å²) >= 11 is 5.99. The van der Waals surface area contributed by atoms with Gasteiger partial charge in [-0.15, -0.1) is 0 Å². The van der Waals surface area contributed by atoms with Gasteiger partial charge in [0.25, 0.3) is 0 Å². The highest BCUT2D eigenvalue weighted by Crippen LogP contribution is 2.24. The van der Waals surface area contributed by atoms with Crippen molar-refractivity contribution in [3.8, 4) is 0 Å². The molecule has 0 bridgehead atoms. The normalized spacial score (nSPS) is 11.5. The van der Waals surface area contributed by atoms with Crippen LogP contribution in [-0.4, -0.2) is 9.38 Å². The van der Waals surface area contributed by atoms with Crippen LogP contribution in [0.3, 0.4) is 0 Å². The monoisotopic (exact) mass is 245 g/mol. The van der Waals surface area contributed by atoms with Crippen molar-refractivity contribution >= 4 is 28.0 Å². The van der Waals surface area contributed by atoms with E-state index in [1.807, 2.05) is 41.8 Å². The third-order valence-corrected chi connectivity index (χ3v) is 3.30. The lowest BCUT2D eigenvalue weighted by atomic mass is 10.2. The first-order chi connectivity index (χ1) is 8.20. The van der Waals surface area contributed by atoms with Gasteiger partial charge in [-0.25, -0.2) is 4.98 Å². The number of halogens is 1. The van der Waals surface area contributed by atoms with Crippen LogP contribution in [0.1, 0.15) is 11.4 Å². The van der Waals surface area contributed by atoms with Gasteiger partial charge in [0, 0.05) is 23.2 Å². The lowest BCUT2D eigenvalue weighted by molar-refractivity contribution is 0.946. The number of aromatic nitrogens is 2. The second-order valence-electron chi connectivity index (χ2n) is 4.09. The van der Waals surface area contributed by atoms with Crippen molar-refractivity contribution in [1.82, 2.24) is 9.38 Å². The number of aryl methyl sites for hydroxylation is 1. The van der Waals surface area contributed by atoms with E-state index in [4.69, 9.17) is 17.3 Å². The van der Waals surface area contributed by atoms with E-state index in [0.717, 1.165) is 32.8 Å². The Kier molecular flexibility index (Phi) is 2.31. The zero-order valence-corrected chi connectivity index (χ0v) is 10.2. The summed E-state index contributed by atoms with van der Waals surface area (Å²) < 4.78 is 2.05. The molecule has 0 aliphatic heterocycles. The number of pyridine rings is 1. The molecule has 0 radical (unpaired) electrons. The van der Waals surface area contributed by atoms with Gasteiger partial charge in [0.2, 0.25) is 0 Å². The number of nitrogens with two attached hydrogens (primary N) is 1. The summed E-state index contributed by atoms with van der Waals surface area (Å²) in [6.45, 7) is 2.48. The minimum atomic E-state index is 0.492. The lowest BCUT2D eigenvalue weighted by Gasteiger charge is -2.03. The van der Waals surface area contributed by atoms with Gasteiger partial charge in [-0.05, 0) is 36.6 Å². The minimum absolute atomic E-state index is 0.492. The molecule has 3 nitrogen and oxygen atoms in total. The summed E-state index contributed by atoms with van der Waals surface area (Å²) in [5.41, 5.74) is 8.72. The van der Waals surface area contributed by atoms with Gasteiger partial charge in [-0.1, -0.05) is 11.6 Å². The molecular formula is C13H12ClN3. The van der Waals surface area contributed by atoms with E-state index < -0.39 is 0 Å². The topological polar surface area (TPSA) is 43.3 Å². The summed E-state index contributed by atoms with van der Waals surface area (Å²) in [7, 11) is 0. The van der Waals surface area contributed by atoms with Crippen LogP contribution < -0.4 is 5.73 Å². The van der Waals surface area contributed by atoms with Crippen LogP contribution in [0, 0.1) is 6.92 Å². The van der Waals surface area contributed by atoms with E-state index >= 15 is 0 Å². The number of hydrogen-bond donors (Lipinski definition) is 1. The molecule has 3 rings (SSSR count). The van der Waals surface area contributed by atoms with Crippen LogP contribution in [0.25, 0.3) is 16.4 Å². The molecule has 2 heterocycles. The van der Waals surface area contributed by atoms with Crippen LogP contribution in [0.2, 0.25) is 5.02 Å². The first-order valence-corrected chi connectivity index (χ1v) is 5.84. The van der Waals surface area contributed by atoms with E-state index in [2.05, 4.69) is 4.98 Å². The third-order valence-electron chi connectivity index (χ3n) is 3.06. The maximum absolute atomic E-state index is 5.99. The summed E-state index contributed by atoms with van der Waals surface area (Å²) in [6, 6.07) is 7.87. The van der Waals surface area contributed by atoms with Gasteiger partial charge in [-0.2, -0.15) is 0 Å². The molecule has 2 N–H and O–H groups in total. The Labute approximate surface area is 104 Å². The van der Waals surface area contributed by atoms with Crippen LogP contribution in [0.15, 0.2) is 30.5 Å². The Bertz CT molecular complexity index is 715. The second kappa shape index (κ2) is 3.72. The SMILES string of the molecule is Cc1nc2c3ccc(Cl)cc3ccn2c1CN. The zero-order valence-electron chi connectivity index (χ0n) is 9.44. The second-order valence-corrected chi connectivity index (χ2v) is 4.53. The smallest absolute Gasteiger partial charge is 0.145 e. The fraction of sp³-hybridized carbons (Fsp3) is 0.154. The molecule has 0 atom stereocenters. The molecular weight excluding hydrogens is 234 g/mol. The largest absolute Gasteiger partial charge is 0.325 e. The van der Waals surface area contributed by atoms with Crippen molar-refractivity contribution in [2.75, 3.05) is 0 Å². The summed E-state index contributed by atoms with van der Waals surface area (Å²) in [5.74, 6) is 0. The summed E-state index contributed by atoms with van der Waals surface area (Å²) in [6.07, 6.45) is 2.00. The van der Waals surface area contributed by atoms with Gasteiger partial charge in [0.05, 0.1) is 11.4 Å². The first-order valence-electron chi connectivity index (χ1n) is 5.46. The van der Waals surface area contributed by atoms with Crippen LogP contribution in [0.4, 0.5) is 0 Å². The zero-order chi connectivity index (χ0) is 12.0. The maximum Gasteiger partial charge on any atom is 0.145 e. The fourth-order valence-corrected chi connectivity index (χ4v) is 2.39. The van der Waals surface area contributed by atoms with Gasteiger partial charge in [0.15, 0.2) is 0 Å². The van der Waals surface area contributed by atoms with Crippen LogP contribution in [0.5, 0.6) is 0 Å². The van der Waals surface area contributed by atoms with E-state index in [9.17, 15) is 0 Å². The van der Waals surface area contributed by atoms with E-state index in [1.165, 1.54) is 0 Å². The maximum atomic E-state index is 5.99. The van der Waals surface area contributed by atoms with Crippen LogP contribution in [-0.2, 0) is 6.54 Å². The number of nitrogens with zero attached hydrogens (tertiary/aromatic N) is 2. The van der Waals surface area contributed by atoms with Crippen molar-refractivity contribution in [3.05, 3.63) is 46.9 Å². The van der Waals surface area contributed by atoms with Gasteiger partial charge in [0.1, 0.15) is 5.65 Å². The van der Waals surface area contributed by atoms with Gasteiger partial charge in [-0.3, -0.25) is 0 Å². The standard InChI is InChI=1S/C13H12ClN3/c1-8-12(7-15)17-5-4-9-6-10(14)2-3-11(9)13(17)16-8/h2-6H,7,15H2,1H3. The Morgan fingerprint density at radius 3 is 2.94 bits per heavy atom. The van der Waals surface area contributed by atoms with E-state index in [1.54, 1.807) is 0 Å². The predicted octanol–water partition coefficient (Wildman–Crippen LogP) is 2.91. The molecule has 0 unspecified atom stereocenters. The predicted molar refractivity (Wildman–Crippen MR) is 70.3 cm³/mol. The lowest BCUT2D eigenvalue weighted by Crippen LogP contribution is -2.02. The molecule has 86 valence electrons. The molecule has 1 aromatic carbocycles. The van der Waals surface area contributed by atoms with Crippen molar-refractivity contribution in [2.45, 2.75) is 13.5 Å². The van der Waals surface area contributed by atoms with Gasteiger partial charge < -0.3 is 10.1 Å². The van der Waals surface area contributed by atoms with E-state index in [0.29, 0.717) is 6.54 Å². The average molecular weight is 246 g/mol. The van der Waals surface area contributed by atoms with Crippen LogP contribution >= 0.6 is 11.6 Å². The van der Waals surface area contributed by atoms with Crippen molar-refractivity contribution < 1.29 is 0 Å². The Morgan fingerprint density at radius 1 is 1.35 bits per heavy atom. The number of hydrogen-bond acceptors (Lipinski definition) is 2. The molecule has 0 fully saturated rings. The van der Waals surface area contributed by atoms with Crippen molar-refractivity contribution in [1.29, 1.82) is 0 Å². The van der Waals surface area contributed by atoms with Crippen molar-refractivity contribution in [3.63, 3.8) is 0 Å². The molecule has 0 amide bonds. The first kappa shape index (κ1) is 10.6. The quantitative estimate of drug-likeness (QED) is 0.716. The fourth-order valence-electron chi connectivity index (χ4n) is 2.21. The molecule has 3 aromatic rings. The highest BCUT2D eigenvalue weighted by Gasteiger charge is 2.09. The number of rotatable bonds is 1. The molecule has 0 saturated heterocycles. The Hall–Kier alpha value is -1.58. The highest BCUT2D eigenvalue weighted by molar-refractivity contribution is 6.31. The van der Waals surface area contributed by atoms with E-state index in [-0.39, 0.29) is 0 Å². The molecule has 17 heavy (non-hydrogen) atoms. The van der Waals surface area contributed by atoms with Crippen molar-refractivity contribution in [2.24, 2.45) is 5.73 Å². The minimum Gasteiger partial charge on any atom is -0.325 e. The number of imidazole rings is 1. The summed E-state index contributed by atoms with van der Waals surface area (Å²) in [4.78, 5) is 4.58. The molecule has 0 saturated carbocycles. The third kappa shape index (κ3) is 1.51. The number of fused-ring (bicyclic) bond motifs is 3. The van der Waals surface area contributed by atoms with Gasteiger partial charge >= 0.3 is 0 Å². The summed E-state index contributed by atoms with van der Waals surface area (Å²) in [5, 5.41) is 2.93. The highest BCUT2D eigenvalue weighted by atomic mass is 35.5. The number of benzene rings is 1. The molecule has 0 spiro atoms. The Balaban J connectivity index is 2.48. The molecule has 2 aromatic heterocycles. The average Bonchev–Trinajstić information content (AvgIpc) is 2.64. The molecule has 4 heteroatoms. The Morgan fingerprint density at radius 2 is 2.18 bits per heavy atom. The molecule has 0 aliphatic carbocycles.